The van der Waals surface area contributed by atoms with Crippen molar-refractivity contribution >= 4 is 21.5 Å². The fourth-order valence-electron chi connectivity index (χ4n) is 2.24. The van der Waals surface area contributed by atoms with E-state index in [1.807, 2.05) is 13.0 Å². The molecule has 0 unspecified atom stereocenters. The van der Waals surface area contributed by atoms with Crippen LogP contribution in [-0.2, 0) is 0 Å². The fraction of sp³-hybridized carbons (Fsp3) is 0.125. The topological polar surface area (TPSA) is 9.23 Å². The molecule has 0 atom stereocenters. The van der Waals surface area contributed by atoms with Crippen molar-refractivity contribution in [1.29, 1.82) is 0 Å². The van der Waals surface area contributed by atoms with Gasteiger partial charge in [-0.1, -0.05) is 42.5 Å². The van der Waals surface area contributed by atoms with E-state index >= 15 is 0 Å². The molecule has 3 rings (SSSR count). The summed E-state index contributed by atoms with van der Waals surface area (Å²) in [5.41, 5.74) is 0. The van der Waals surface area contributed by atoms with E-state index in [1.54, 1.807) is 0 Å². The third kappa shape index (κ3) is 1.74. The monoisotopic (exact) mass is 222 g/mol. The minimum Gasteiger partial charge on any atom is -0.494 e. The Morgan fingerprint density at radius 1 is 0.824 bits per heavy atom. The normalized spacial score (nSPS) is 10.9. The highest BCUT2D eigenvalue weighted by molar-refractivity contribution is 6.07. The minimum atomic E-state index is 0.705. The van der Waals surface area contributed by atoms with Crippen molar-refractivity contribution < 1.29 is 4.74 Å². The molecular weight excluding hydrogens is 208 g/mol. The smallest absolute Gasteiger partial charge is 0.119 e. The number of rotatable bonds is 2. The van der Waals surface area contributed by atoms with Crippen molar-refractivity contribution in [1.82, 2.24) is 0 Å². The van der Waals surface area contributed by atoms with Crippen LogP contribution in [0.3, 0.4) is 0 Å². The molecule has 0 radical (unpaired) electrons. The first-order valence-corrected chi connectivity index (χ1v) is 5.93. The SMILES string of the molecule is CCOc1ccc2ccc3ccccc3c2c1. The minimum absolute atomic E-state index is 0.705. The molecule has 3 aromatic rings. The first-order chi connectivity index (χ1) is 8.38. The van der Waals surface area contributed by atoms with E-state index in [4.69, 9.17) is 4.74 Å². The molecule has 3 aromatic carbocycles. The molecule has 17 heavy (non-hydrogen) atoms. The molecule has 0 spiro atoms. The van der Waals surface area contributed by atoms with Crippen molar-refractivity contribution in [2.75, 3.05) is 6.61 Å². The summed E-state index contributed by atoms with van der Waals surface area (Å²) in [5, 5.41) is 5.07. The van der Waals surface area contributed by atoms with Gasteiger partial charge in [-0.15, -0.1) is 0 Å². The van der Waals surface area contributed by atoms with E-state index in [9.17, 15) is 0 Å². The Balaban J connectivity index is 2.34. The lowest BCUT2D eigenvalue weighted by Crippen LogP contribution is -1.90. The van der Waals surface area contributed by atoms with Gasteiger partial charge in [0.2, 0.25) is 0 Å². The summed E-state index contributed by atoms with van der Waals surface area (Å²) in [4.78, 5) is 0. The van der Waals surface area contributed by atoms with Crippen LogP contribution in [0.2, 0.25) is 0 Å². The Labute approximate surface area is 101 Å². The van der Waals surface area contributed by atoms with Crippen molar-refractivity contribution in [3.05, 3.63) is 54.6 Å². The van der Waals surface area contributed by atoms with Crippen LogP contribution in [0.5, 0.6) is 5.75 Å². The van der Waals surface area contributed by atoms with E-state index in [1.165, 1.54) is 21.5 Å². The van der Waals surface area contributed by atoms with Gasteiger partial charge in [-0.25, -0.2) is 0 Å². The Bertz CT molecular complexity index is 670. The van der Waals surface area contributed by atoms with Crippen LogP contribution in [0.15, 0.2) is 54.6 Å². The quantitative estimate of drug-likeness (QED) is 0.584. The Morgan fingerprint density at radius 3 is 2.35 bits per heavy atom. The number of ether oxygens (including phenoxy) is 1. The first-order valence-electron chi connectivity index (χ1n) is 5.93. The maximum atomic E-state index is 5.56. The third-order valence-electron chi connectivity index (χ3n) is 3.03. The largest absolute Gasteiger partial charge is 0.494 e. The number of fused-ring (bicyclic) bond motifs is 3. The van der Waals surface area contributed by atoms with Gasteiger partial charge in [-0.2, -0.15) is 0 Å². The highest BCUT2D eigenvalue weighted by atomic mass is 16.5. The average molecular weight is 222 g/mol. The van der Waals surface area contributed by atoms with Gasteiger partial charge < -0.3 is 4.74 Å². The summed E-state index contributed by atoms with van der Waals surface area (Å²) in [5.74, 6) is 0.941. The van der Waals surface area contributed by atoms with E-state index in [0.29, 0.717) is 6.61 Å². The maximum absolute atomic E-state index is 5.56. The van der Waals surface area contributed by atoms with Gasteiger partial charge in [0, 0.05) is 0 Å². The summed E-state index contributed by atoms with van der Waals surface area (Å²) < 4.78 is 5.56. The molecule has 84 valence electrons. The molecule has 0 aliphatic rings. The molecule has 0 heterocycles. The van der Waals surface area contributed by atoms with E-state index < -0.39 is 0 Å². The fourth-order valence-corrected chi connectivity index (χ4v) is 2.24. The predicted molar refractivity (Wildman–Crippen MR) is 72.6 cm³/mol. The molecule has 0 aliphatic heterocycles. The van der Waals surface area contributed by atoms with E-state index in [2.05, 4.69) is 48.5 Å². The van der Waals surface area contributed by atoms with Gasteiger partial charge >= 0.3 is 0 Å². The Morgan fingerprint density at radius 2 is 1.53 bits per heavy atom. The highest BCUT2D eigenvalue weighted by Crippen LogP contribution is 2.28. The molecule has 0 fully saturated rings. The lowest BCUT2D eigenvalue weighted by Gasteiger charge is -2.07. The van der Waals surface area contributed by atoms with Gasteiger partial charge in [0.1, 0.15) is 5.75 Å². The summed E-state index contributed by atoms with van der Waals surface area (Å²) in [6.45, 7) is 2.71. The second-order valence-corrected chi connectivity index (χ2v) is 4.10. The molecule has 0 N–H and O–H groups in total. The van der Waals surface area contributed by atoms with Crippen molar-refractivity contribution in [2.24, 2.45) is 0 Å². The lowest BCUT2D eigenvalue weighted by molar-refractivity contribution is 0.341. The zero-order valence-corrected chi connectivity index (χ0v) is 9.81. The third-order valence-corrected chi connectivity index (χ3v) is 3.03. The number of benzene rings is 3. The van der Waals surface area contributed by atoms with Gasteiger partial charge in [0.25, 0.3) is 0 Å². The molecule has 0 amide bonds. The van der Waals surface area contributed by atoms with Crippen LogP contribution in [0.1, 0.15) is 6.92 Å². The van der Waals surface area contributed by atoms with Gasteiger partial charge in [-0.3, -0.25) is 0 Å². The standard InChI is InChI=1S/C16H14O/c1-2-17-14-10-9-13-8-7-12-5-3-4-6-15(12)16(13)11-14/h3-11H,2H2,1H3. The summed E-state index contributed by atoms with van der Waals surface area (Å²) >= 11 is 0. The van der Waals surface area contributed by atoms with Crippen LogP contribution in [0.25, 0.3) is 21.5 Å². The second kappa shape index (κ2) is 4.10. The molecule has 1 heteroatoms. The Hall–Kier alpha value is -2.02. The van der Waals surface area contributed by atoms with Crippen LogP contribution in [-0.4, -0.2) is 6.61 Å². The molecular formula is C16H14O. The van der Waals surface area contributed by atoms with E-state index in [0.717, 1.165) is 5.75 Å². The van der Waals surface area contributed by atoms with E-state index in [-0.39, 0.29) is 0 Å². The van der Waals surface area contributed by atoms with Gasteiger partial charge in [0.15, 0.2) is 0 Å². The van der Waals surface area contributed by atoms with Crippen LogP contribution >= 0.6 is 0 Å². The number of hydrogen-bond donors (Lipinski definition) is 0. The van der Waals surface area contributed by atoms with Crippen molar-refractivity contribution in [3.8, 4) is 5.75 Å². The van der Waals surface area contributed by atoms with Gasteiger partial charge in [-0.05, 0) is 40.6 Å². The second-order valence-electron chi connectivity index (χ2n) is 4.10. The van der Waals surface area contributed by atoms with Crippen molar-refractivity contribution in [2.45, 2.75) is 6.92 Å². The Kier molecular flexibility index (Phi) is 2.45. The lowest BCUT2D eigenvalue weighted by atomic mass is 10.0. The zero-order valence-electron chi connectivity index (χ0n) is 9.81. The highest BCUT2D eigenvalue weighted by Gasteiger charge is 2.01. The van der Waals surface area contributed by atoms with Gasteiger partial charge in [0.05, 0.1) is 6.61 Å². The van der Waals surface area contributed by atoms with Crippen molar-refractivity contribution in [3.63, 3.8) is 0 Å². The van der Waals surface area contributed by atoms with Crippen LogP contribution in [0, 0.1) is 0 Å². The molecule has 1 nitrogen and oxygen atoms in total. The molecule has 0 saturated carbocycles. The van der Waals surface area contributed by atoms with Crippen LogP contribution < -0.4 is 4.74 Å². The first kappa shape index (κ1) is 10.2. The molecule has 0 aromatic heterocycles. The average Bonchev–Trinajstić information content (AvgIpc) is 2.39. The summed E-state index contributed by atoms with van der Waals surface area (Å²) in [6.07, 6.45) is 0. The molecule has 0 aliphatic carbocycles. The summed E-state index contributed by atoms with van der Waals surface area (Å²) in [7, 11) is 0. The van der Waals surface area contributed by atoms with Crippen LogP contribution in [0.4, 0.5) is 0 Å². The predicted octanol–water partition coefficient (Wildman–Crippen LogP) is 4.39. The molecule has 0 saturated heterocycles. The number of hydrogen-bond acceptors (Lipinski definition) is 1. The zero-order chi connectivity index (χ0) is 11.7. The maximum Gasteiger partial charge on any atom is 0.119 e. The summed E-state index contributed by atoms with van der Waals surface area (Å²) in [6, 6.07) is 19.0. The molecule has 0 bridgehead atoms.